The topological polar surface area (TPSA) is 128 Å². The maximum atomic E-state index is 9.94. The highest BCUT2D eigenvalue weighted by atomic mass is 35.5. The fourth-order valence-electron chi connectivity index (χ4n) is 4.89. The lowest BCUT2D eigenvalue weighted by atomic mass is 10.0. The first kappa shape index (κ1) is 23.3. The number of hydrogen-bond acceptors (Lipinski definition) is 9. The molecular formula is C27H22ClN5O5. The number of benzene rings is 2. The van der Waals surface area contributed by atoms with E-state index in [0.717, 1.165) is 22.3 Å². The molecule has 10 nitrogen and oxygen atoms in total. The van der Waals surface area contributed by atoms with Crippen molar-refractivity contribution in [3.63, 3.8) is 0 Å². The number of fused-ring (bicyclic) bond motifs is 2. The minimum atomic E-state index is -0.640. The van der Waals surface area contributed by atoms with Crippen molar-refractivity contribution < 1.29 is 23.8 Å². The Morgan fingerprint density at radius 1 is 0.895 bits per heavy atom. The smallest absolute Gasteiger partial charge is 0.296 e. The Morgan fingerprint density at radius 2 is 1.58 bits per heavy atom. The summed E-state index contributed by atoms with van der Waals surface area (Å²) in [6.07, 6.45) is -1.72. The Hall–Kier alpha value is -3.83. The van der Waals surface area contributed by atoms with E-state index in [0.29, 0.717) is 46.2 Å². The van der Waals surface area contributed by atoms with Crippen LogP contribution in [0.15, 0.2) is 59.1 Å². The van der Waals surface area contributed by atoms with Crippen LogP contribution in [-0.2, 0) is 9.47 Å². The molecule has 7 rings (SSSR count). The van der Waals surface area contributed by atoms with Crippen LogP contribution < -0.4 is 4.74 Å². The second-order valence-electron chi connectivity index (χ2n) is 9.34. The van der Waals surface area contributed by atoms with Gasteiger partial charge in [-0.2, -0.15) is 9.97 Å². The highest BCUT2D eigenvalue weighted by Gasteiger charge is 2.48. The van der Waals surface area contributed by atoms with Crippen LogP contribution in [0.1, 0.15) is 5.89 Å². The Kier molecular flexibility index (Phi) is 5.62. The predicted octanol–water partition coefficient (Wildman–Crippen LogP) is 4.21. The third-order valence-corrected chi connectivity index (χ3v) is 7.10. The van der Waals surface area contributed by atoms with Gasteiger partial charge in [-0.15, -0.1) is 0 Å². The Morgan fingerprint density at radius 3 is 2.29 bits per heavy atom. The molecule has 2 saturated heterocycles. The third kappa shape index (κ3) is 4.11. The van der Waals surface area contributed by atoms with Crippen molar-refractivity contribution in [3.05, 3.63) is 65.5 Å². The fraction of sp³-hybridized carbons (Fsp3) is 0.259. The molecule has 0 saturated carbocycles. The molecule has 5 aromatic rings. The third-order valence-electron chi connectivity index (χ3n) is 6.81. The zero-order valence-corrected chi connectivity index (χ0v) is 20.9. The molecular weight excluding hydrogens is 510 g/mol. The van der Waals surface area contributed by atoms with Crippen molar-refractivity contribution in [1.82, 2.24) is 25.1 Å². The molecule has 0 bridgehead atoms. The van der Waals surface area contributed by atoms with E-state index in [-0.39, 0.29) is 24.9 Å². The molecule has 5 heterocycles. The highest BCUT2D eigenvalue weighted by Crippen LogP contribution is 2.33. The van der Waals surface area contributed by atoms with Crippen LogP contribution >= 0.6 is 11.6 Å². The number of nitrogens with one attached hydrogen (secondary N) is 1. The summed E-state index contributed by atoms with van der Waals surface area (Å²) in [6, 6.07) is 18.1. The summed E-state index contributed by atoms with van der Waals surface area (Å²) in [5.74, 6) is 1.10. The quantitative estimate of drug-likeness (QED) is 0.342. The molecule has 38 heavy (non-hydrogen) atoms. The second kappa shape index (κ2) is 9.17. The van der Waals surface area contributed by atoms with Crippen molar-refractivity contribution in [2.45, 2.75) is 31.3 Å². The van der Waals surface area contributed by atoms with Gasteiger partial charge in [-0.25, -0.2) is 4.98 Å². The van der Waals surface area contributed by atoms with E-state index in [1.807, 2.05) is 48.5 Å². The second-order valence-corrected chi connectivity index (χ2v) is 9.75. The minimum Gasteiger partial charge on any atom is -0.456 e. The molecule has 0 aliphatic carbocycles. The van der Waals surface area contributed by atoms with Crippen LogP contribution in [0.25, 0.3) is 44.9 Å². The maximum Gasteiger partial charge on any atom is 0.296 e. The summed E-state index contributed by atoms with van der Waals surface area (Å²) in [4.78, 5) is 16.6. The van der Waals surface area contributed by atoms with Gasteiger partial charge in [0, 0.05) is 18.1 Å². The Labute approximate surface area is 221 Å². The highest BCUT2D eigenvalue weighted by molar-refractivity contribution is 6.33. The molecule has 0 amide bonds. The van der Waals surface area contributed by atoms with Crippen LogP contribution in [-0.4, -0.2) is 67.8 Å². The van der Waals surface area contributed by atoms with Gasteiger partial charge in [0.15, 0.2) is 11.8 Å². The predicted molar refractivity (Wildman–Crippen MR) is 138 cm³/mol. The lowest BCUT2D eigenvalue weighted by molar-refractivity contribution is 0.00706. The van der Waals surface area contributed by atoms with Crippen molar-refractivity contribution in [2.75, 3.05) is 13.2 Å². The summed E-state index contributed by atoms with van der Waals surface area (Å²) in [7, 11) is 0. The van der Waals surface area contributed by atoms with E-state index in [1.54, 1.807) is 13.0 Å². The number of pyridine rings is 1. The SMILES string of the molecule is Cc1nc(-c2ccc(-c3ccc(-c4nc5nc(O[C@@H]6COC7C6OC[C@H]7O)[nH]c5cc4Cl)cc3)cc2)no1. The molecule has 2 aliphatic heterocycles. The van der Waals surface area contributed by atoms with Crippen molar-refractivity contribution in [1.29, 1.82) is 0 Å². The van der Waals surface area contributed by atoms with Crippen molar-refractivity contribution in [3.8, 4) is 39.8 Å². The number of ether oxygens (including phenoxy) is 3. The van der Waals surface area contributed by atoms with E-state index >= 15 is 0 Å². The van der Waals surface area contributed by atoms with Crippen molar-refractivity contribution in [2.24, 2.45) is 0 Å². The van der Waals surface area contributed by atoms with Crippen LogP contribution in [0.4, 0.5) is 0 Å². The number of aliphatic hydroxyl groups excluding tert-OH is 1. The number of hydrogen-bond donors (Lipinski definition) is 2. The van der Waals surface area contributed by atoms with E-state index in [2.05, 4.69) is 25.1 Å². The van der Waals surface area contributed by atoms with Gasteiger partial charge >= 0.3 is 0 Å². The number of imidazole rings is 1. The van der Waals surface area contributed by atoms with E-state index < -0.39 is 6.10 Å². The molecule has 192 valence electrons. The molecule has 3 aromatic heterocycles. The minimum absolute atomic E-state index is 0.236. The van der Waals surface area contributed by atoms with Gasteiger partial charge in [0.1, 0.15) is 18.3 Å². The first-order valence-electron chi connectivity index (χ1n) is 12.2. The fourth-order valence-corrected chi connectivity index (χ4v) is 5.15. The molecule has 11 heteroatoms. The van der Waals surface area contributed by atoms with Crippen molar-refractivity contribution >= 4 is 22.8 Å². The van der Waals surface area contributed by atoms with Gasteiger partial charge < -0.3 is 28.8 Å². The van der Waals surface area contributed by atoms with Gasteiger partial charge in [0.25, 0.3) is 6.01 Å². The molecule has 0 radical (unpaired) electrons. The molecule has 2 fully saturated rings. The average molecular weight is 532 g/mol. The number of nitrogens with zero attached hydrogens (tertiary/aromatic N) is 4. The summed E-state index contributed by atoms with van der Waals surface area (Å²) in [5.41, 5.74) is 5.63. The van der Waals surface area contributed by atoms with E-state index in [4.69, 9.17) is 30.3 Å². The monoisotopic (exact) mass is 531 g/mol. The summed E-state index contributed by atoms with van der Waals surface area (Å²) >= 11 is 6.60. The average Bonchev–Trinajstić information content (AvgIpc) is 3.71. The Bertz CT molecular complexity index is 1620. The van der Waals surface area contributed by atoms with Crippen LogP contribution in [0.3, 0.4) is 0 Å². The zero-order chi connectivity index (χ0) is 25.8. The standard InChI is InChI=1S/C27H22ClN5O5/c1-13-29-25(33-38-13)17-8-4-15(5-9-17)14-2-6-16(7-3-14)22-18(28)10-19-26(31-22)32-27(30-19)37-21-12-36-23-20(34)11-35-24(21)23/h2-10,20-21,23-24,34H,11-12H2,1H3,(H,30,31,32)/t20-,21-,23?,24?/m1/s1. The van der Waals surface area contributed by atoms with Gasteiger partial charge in [0.2, 0.25) is 11.7 Å². The molecule has 4 atom stereocenters. The summed E-state index contributed by atoms with van der Waals surface area (Å²) in [5, 5.41) is 14.4. The zero-order valence-electron chi connectivity index (χ0n) is 20.2. The maximum absolute atomic E-state index is 9.94. The molecule has 2 aromatic carbocycles. The van der Waals surface area contributed by atoms with E-state index in [1.165, 1.54) is 0 Å². The largest absolute Gasteiger partial charge is 0.456 e. The first-order valence-corrected chi connectivity index (χ1v) is 12.6. The normalized spacial score (nSPS) is 22.7. The van der Waals surface area contributed by atoms with Crippen LogP contribution in [0, 0.1) is 6.92 Å². The van der Waals surface area contributed by atoms with Gasteiger partial charge in [-0.05, 0) is 17.2 Å². The van der Waals surface area contributed by atoms with Crippen LogP contribution in [0.5, 0.6) is 6.01 Å². The van der Waals surface area contributed by atoms with Crippen LogP contribution in [0.2, 0.25) is 5.02 Å². The summed E-state index contributed by atoms with van der Waals surface area (Å²) < 4.78 is 22.3. The molecule has 2 unspecified atom stereocenters. The number of aromatic amines is 1. The first-order chi connectivity index (χ1) is 18.5. The number of halogens is 1. The summed E-state index contributed by atoms with van der Waals surface area (Å²) in [6.45, 7) is 2.32. The molecule has 2 N–H and O–H groups in total. The number of aromatic nitrogens is 5. The van der Waals surface area contributed by atoms with Gasteiger partial charge in [-0.3, -0.25) is 0 Å². The lowest BCUT2D eigenvalue weighted by Crippen LogP contribution is -2.34. The number of rotatable bonds is 5. The molecule has 2 aliphatic rings. The molecule has 0 spiro atoms. The van der Waals surface area contributed by atoms with Gasteiger partial charge in [0.05, 0.1) is 29.4 Å². The number of aryl methyl sites for hydroxylation is 1. The van der Waals surface area contributed by atoms with E-state index in [9.17, 15) is 5.11 Å². The lowest BCUT2D eigenvalue weighted by Gasteiger charge is -2.15. The number of aliphatic hydroxyl groups is 1. The number of H-pyrrole nitrogens is 1. The van der Waals surface area contributed by atoms with Gasteiger partial charge in [-0.1, -0.05) is 65.3 Å². The Balaban J connectivity index is 1.11.